The van der Waals surface area contributed by atoms with Crippen molar-refractivity contribution < 1.29 is 4.70 Å². The fourth-order valence-corrected chi connectivity index (χ4v) is 1.25. The number of hydrogen-bond donors (Lipinski definition) is 1. The van der Waals surface area contributed by atoms with E-state index in [0.717, 1.165) is 5.70 Å². The largest absolute Gasteiger partial charge is 0.361 e. The highest BCUT2D eigenvalue weighted by atomic mass is 19.0. The molecular formula is C12H12BFN. The molecule has 0 fully saturated rings. The molecule has 0 saturated carbocycles. The topological polar surface area (TPSA) is 12.0 Å². The Morgan fingerprint density at radius 2 is 1.60 bits per heavy atom. The lowest BCUT2D eigenvalue weighted by molar-refractivity contribution is 1.11. The molecule has 1 N–H and O–H groups in total. The van der Waals surface area contributed by atoms with Crippen LogP contribution in [0.25, 0.3) is 5.70 Å². The lowest BCUT2D eigenvalue weighted by atomic mass is 10.1. The van der Waals surface area contributed by atoms with E-state index in [-0.39, 0.29) is 13.1 Å². The molecular weight excluding hydrogens is 188 g/mol. The summed E-state index contributed by atoms with van der Waals surface area (Å²) in [6.07, 6.45) is 10.0. The van der Waals surface area contributed by atoms with Crippen LogP contribution in [0.2, 0.25) is 0 Å². The molecule has 0 saturated heterocycles. The van der Waals surface area contributed by atoms with Crippen LogP contribution in [0.5, 0.6) is 0 Å². The van der Waals surface area contributed by atoms with Gasteiger partial charge in [0.1, 0.15) is 0 Å². The average Bonchev–Trinajstić information content (AvgIpc) is 2.47. The van der Waals surface area contributed by atoms with Gasteiger partial charge in [0.2, 0.25) is 0 Å². The third-order valence-corrected chi connectivity index (χ3v) is 1.90. The van der Waals surface area contributed by atoms with Crippen LogP contribution in [0, 0.1) is 0 Å². The predicted molar refractivity (Wildman–Crippen MR) is 64.1 cm³/mol. The Bertz CT molecular complexity index is 368. The summed E-state index contributed by atoms with van der Waals surface area (Å²) in [5.41, 5.74) is 2.34. The summed E-state index contributed by atoms with van der Waals surface area (Å²) in [6.45, 7) is 0. The van der Waals surface area contributed by atoms with Gasteiger partial charge < -0.3 is 5.32 Å². The molecule has 0 spiro atoms. The Kier molecular flexibility index (Phi) is 5.87. The second-order valence-electron chi connectivity index (χ2n) is 2.83. The first-order valence-corrected chi connectivity index (χ1v) is 4.32. The Morgan fingerprint density at radius 3 is 2.33 bits per heavy atom. The molecule has 3 heteroatoms. The molecule has 0 amide bonds. The summed E-state index contributed by atoms with van der Waals surface area (Å²) >= 11 is 0. The molecule has 1 aliphatic heterocycles. The summed E-state index contributed by atoms with van der Waals surface area (Å²) in [7, 11) is 0. The van der Waals surface area contributed by atoms with E-state index in [2.05, 4.69) is 23.5 Å². The van der Waals surface area contributed by atoms with Gasteiger partial charge in [-0.3, -0.25) is 4.70 Å². The Balaban J connectivity index is 0.000000980. The molecule has 1 heterocycles. The smallest absolute Gasteiger partial charge is 0.0453 e. The van der Waals surface area contributed by atoms with Crippen LogP contribution >= 0.6 is 0 Å². The molecule has 1 aliphatic rings. The van der Waals surface area contributed by atoms with E-state index >= 15 is 0 Å². The van der Waals surface area contributed by atoms with E-state index in [9.17, 15) is 0 Å². The zero-order valence-corrected chi connectivity index (χ0v) is 8.26. The van der Waals surface area contributed by atoms with Crippen molar-refractivity contribution >= 4 is 14.1 Å². The van der Waals surface area contributed by atoms with Crippen LogP contribution in [0.1, 0.15) is 5.56 Å². The summed E-state index contributed by atoms with van der Waals surface area (Å²) in [5.74, 6) is 0. The van der Waals surface area contributed by atoms with Gasteiger partial charge in [0.05, 0.1) is 0 Å². The van der Waals surface area contributed by atoms with E-state index in [4.69, 9.17) is 0 Å². The monoisotopic (exact) mass is 200 g/mol. The Hall–Kier alpha value is -1.77. The average molecular weight is 200 g/mol. The van der Waals surface area contributed by atoms with E-state index in [0.29, 0.717) is 0 Å². The highest BCUT2D eigenvalue weighted by Crippen LogP contribution is 2.11. The summed E-state index contributed by atoms with van der Waals surface area (Å²) < 4.78 is 0. The second kappa shape index (κ2) is 6.65. The lowest BCUT2D eigenvalue weighted by Crippen LogP contribution is -2.02. The Labute approximate surface area is 91.1 Å². The van der Waals surface area contributed by atoms with Crippen LogP contribution < -0.4 is 5.32 Å². The maximum atomic E-state index is 3.22. The standard InChI is InChI=1S/C12H11N.B.FH/c1-3-7-11(8-4-1)12-9-5-2-6-10-13-12;;/h1-10,13H;;1H. The van der Waals surface area contributed by atoms with E-state index in [1.165, 1.54) is 5.56 Å². The predicted octanol–water partition coefficient (Wildman–Crippen LogP) is 2.47. The molecule has 0 aromatic heterocycles. The summed E-state index contributed by atoms with van der Waals surface area (Å²) in [6, 6.07) is 10.3. The van der Waals surface area contributed by atoms with Crippen LogP contribution in [0.4, 0.5) is 4.70 Å². The molecule has 2 rings (SSSR count). The van der Waals surface area contributed by atoms with Gasteiger partial charge in [0.15, 0.2) is 0 Å². The molecule has 1 aromatic carbocycles. The van der Waals surface area contributed by atoms with E-state index in [1.54, 1.807) is 0 Å². The molecule has 0 aliphatic carbocycles. The van der Waals surface area contributed by atoms with Gasteiger partial charge in [0.25, 0.3) is 0 Å². The molecule has 15 heavy (non-hydrogen) atoms. The van der Waals surface area contributed by atoms with Gasteiger partial charge in [-0.25, -0.2) is 0 Å². The van der Waals surface area contributed by atoms with Crippen LogP contribution in [-0.2, 0) is 0 Å². The number of nitrogens with one attached hydrogen (secondary N) is 1. The van der Waals surface area contributed by atoms with Crippen molar-refractivity contribution in [3.8, 4) is 0 Å². The van der Waals surface area contributed by atoms with E-state index < -0.39 is 0 Å². The highest BCUT2D eigenvalue weighted by Gasteiger charge is 1.96. The maximum absolute atomic E-state index is 3.22. The fraction of sp³-hybridized carbons (Fsp3) is 0. The van der Waals surface area contributed by atoms with Crippen molar-refractivity contribution in [3.05, 3.63) is 66.4 Å². The van der Waals surface area contributed by atoms with Crippen molar-refractivity contribution in [2.45, 2.75) is 0 Å². The first-order chi connectivity index (χ1) is 6.47. The summed E-state index contributed by atoms with van der Waals surface area (Å²) in [4.78, 5) is 0. The van der Waals surface area contributed by atoms with Crippen LogP contribution in [0.3, 0.4) is 0 Å². The highest BCUT2D eigenvalue weighted by molar-refractivity contribution is 5.75. The molecule has 0 unspecified atom stereocenters. The molecule has 0 bridgehead atoms. The van der Waals surface area contributed by atoms with Crippen molar-refractivity contribution in [2.75, 3.05) is 0 Å². The number of halogens is 1. The molecule has 75 valence electrons. The van der Waals surface area contributed by atoms with Gasteiger partial charge in [-0.2, -0.15) is 0 Å². The van der Waals surface area contributed by atoms with Crippen molar-refractivity contribution in [1.29, 1.82) is 0 Å². The first-order valence-electron chi connectivity index (χ1n) is 4.32. The van der Waals surface area contributed by atoms with E-state index in [1.807, 2.05) is 42.6 Å². The minimum absolute atomic E-state index is 0. The van der Waals surface area contributed by atoms with Crippen molar-refractivity contribution in [3.63, 3.8) is 0 Å². The van der Waals surface area contributed by atoms with Gasteiger partial charge in [0, 0.05) is 20.3 Å². The normalized spacial score (nSPS) is 12.7. The van der Waals surface area contributed by atoms with Gasteiger partial charge in [-0.05, 0) is 17.7 Å². The van der Waals surface area contributed by atoms with Gasteiger partial charge in [-0.1, -0.05) is 42.5 Å². The molecule has 1 aromatic rings. The molecule has 3 radical (unpaired) electrons. The zero-order chi connectivity index (χ0) is 8.93. The zero-order valence-electron chi connectivity index (χ0n) is 8.26. The lowest BCUT2D eigenvalue weighted by Gasteiger charge is -2.04. The van der Waals surface area contributed by atoms with Crippen molar-refractivity contribution in [1.82, 2.24) is 5.32 Å². The number of allylic oxidation sites excluding steroid dienone is 4. The van der Waals surface area contributed by atoms with Crippen LogP contribution in [-0.4, -0.2) is 8.41 Å². The second-order valence-corrected chi connectivity index (χ2v) is 2.83. The minimum atomic E-state index is 0. The third-order valence-electron chi connectivity index (χ3n) is 1.90. The van der Waals surface area contributed by atoms with Gasteiger partial charge >= 0.3 is 0 Å². The first kappa shape index (κ1) is 13.2. The van der Waals surface area contributed by atoms with Gasteiger partial charge in [-0.15, -0.1) is 0 Å². The Morgan fingerprint density at radius 1 is 0.867 bits per heavy atom. The molecule has 1 nitrogen and oxygen atoms in total. The quantitative estimate of drug-likeness (QED) is 0.686. The number of hydrogen-bond acceptors (Lipinski definition) is 1. The minimum Gasteiger partial charge on any atom is -0.361 e. The SMILES string of the molecule is C1=CC=C(c2ccccc2)NC=C1.F.[B]. The summed E-state index contributed by atoms with van der Waals surface area (Å²) in [5, 5.41) is 3.22. The fourth-order valence-electron chi connectivity index (χ4n) is 1.25. The molecule has 0 atom stereocenters. The van der Waals surface area contributed by atoms with Crippen LogP contribution in [0.15, 0.2) is 60.8 Å². The van der Waals surface area contributed by atoms with Crippen molar-refractivity contribution in [2.24, 2.45) is 0 Å². The maximum Gasteiger partial charge on any atom is 0.0453 e. The number of rotatable bonds is 1. The number of benzene rings is 1. The third kappa shape index (κ3) is 3.46.